The van der Waals surface area contributed by atoms with Crippen molar-refractivity contribution in [3.05, 3.63) is 102 Å². The first-order chi connectivity index (χ1) is 17.1. The molecule has 2 amide bonds. The second-order valence-corrected chi connectivity index (χ2v) is 10.9. The predicted molar refractivity (Wildman–Crippen MR) is 145 cm³/mol. The van der Waals surface area contributed by atoms with Gasteiger partial charge in [-0.25, -0.2) is 8.42 Å². The molecule has 1 unspecified atom stereocenters. The molecule has 2 aromatic rings. The van der Waals surface area contributed by atoms with Crippen LogP contribution in [0.3, 0.4) is 0 Å². The quantitative estimate of drug-likeness (QED) is 0.464. The molecule has 0 aliphatic heterocycles. The third-order valence-electron chi connectivity index (χ3n) is 5.99. The van der Waals surface area contributed by atoms with E-state index in [4.69, 9.17) is 0 Å². The molecular formula is C29H36N2O4S. The van der Waals surface area contributed by atoms with E-state index in [0.29, 0.717) is 6.54 Å². The van der Waals surface area contributed by atoms with E-state index in [1.54, 1.807) is 43.3 Å². The maximum absolute atomic E-state index is 12.9. The third-order valence-corrected chi connectivity index (χ3v) is 7.12. The van der Waals surface area contributed by atoms with Gasteiger partial charge >= 0.3 is 0 Å². The summed E-state index contributed by atoms with van der Waals surface area (Å²) in [6, 6.07) is 16.3. The van der Waals surface area contributed by atoms with E-state index in [-0.39, 0.29) is 29.2 Å². The lowest BCUT2D eigenvalue weighted by atomic mass is 9.88. The van der Waals surface area contributed by atoms with Crippen molar-refractivity contribution < 1.29 is 18.0 Å². The maximum Gasteiger partial charge on any atom is 0.223 e. The average Bonchev–Trinajstić information content (AvgIpc) is 3.20. The van der Waals surface area contributed by atoms with Gasteiger partial charge in [-0.05, 0) is 36.6 Å². The van der Waals surface area contributed by atoms with Crippen molar-refractivity contribution >= 4 is 22.2 Å². The minimum absolute atomic E-state index is 0.0443. The number of benzene rings is 2. The van der Waals surface area contributed by atoms with E-state index >= 15 is 0 Å². The molecular weight excluding hydrogens is 472 g/mol. The molecule has 6 nitrogen and oxygen atoms in total. The summed E-state index contributed by atoms with van der Waals surface area (Å²) in [4.78, 5) is 27.2. The van der Waals surface area contributed by atoms with Crippen LogP contribution < -0.4 is 0 Å². The molecule has 36 heavy (non-hydrogen) atoms. The molecule has 0 saturated carbocycles. The molecule has 0 fully saturated rings. The van der Waals surface area contributed by atoms with Gasteiger partial charge < -0.3 is 9.80 Å². The van der Waals surface area contributed by atoms with Crippen LogP contribution in [0.1, 0.15) is 36.8 Å². The maximum atomic E-state index is 12.9. The first kappa shape index (κ1) is 28.8. The number of hydrogen-bond donors (Lipinski definition) is 0. The van der Waals surface area contributed by atoms with Gasteiger partial charge in [-0.3, -0.25) is 9.59 Å². The first-order valence-electron chi connectivity index (χ1n) is 11.9. The van der Waals surface area contributed by atoms with Gasteiger partial charge in [-0.2, -0.15) is 0 Å². The Morgan fingerprint density at radius 3 is 2.00 bits per heavy atom. The van der Waals surface area contributed by atoms with Crippen molar-refractivity contribution in [1.29, 1.82) is 0 Å². The number of likely N-dealkylation sites (N-methyl/N-ethyl adjacent to an activating group) is 2. The SMILES string of the molecule is C1=CC=CCC=C1.CC(CN(C)C(=O)C[C@@H](c1ccccc1)c1ccc(S(C)(=O)=O)cc1)N(C)C=O. The van der Waals surface area contributed by atoms with Gasteiger partial charge in [0.25, 0.3) is 0 Å². The van der Waals surface area contributed by atoms with Gasteiger partial charge in [0, 0.05) is 45.3 Å². The number of rotatable bonds is 9. The van der Waals surface area contributed by atoms with E-state index in [1.807, 2.05) is 49.4 Å². The summed E-state index contributed by atoms with van der Waals surface area (Å²) in [7, 11) is 0.136. The number of sulfone groups is 1. The molecule has 2 aromatic carbocycles. The summed E-state index contributed by atoms with van der Waals surface area (Å²) in [5, 5.41) is 0. The van der Waals surface area contributed by atoms with E-state index < -0.39 is 9.84 Å². The average molecular weight is 509 g/mol. The van der Waals surface area contributed by atoms with E-state index in [9.17, 15) is 18.0 Å². The third kappa shape index (κ3) is 9.30. The number of carbonyl (C=O) groups is 2. The van der Waals surface area contributed by atoms with Crippen molar-refractivity contribution in [2.75, 3.05) is 26.9 Å². The minimum atomic E-state index is -3.28. The van der Waals surface area contributed by atoms with Crippen LogP contribution in [0.25, 0.3) is 0 Å². The lowest BCUT2D eigenvalue weighted by molar-refractivity contribution is -0.131. The van der Waals surface area contributed by atoms with Crippen molar-refractivity contribution in [3.8, 4) is 0 Å². The Balaban J connectivity index is 0.000000558. The van der Waals surface area contributed by atoms with Crippen molar-refractivity contribution in [2.24, 2.45) is 0 Å². The predicted octanol–water partition coefficient (Wildman–Crippen LogP) is 4.61. The van der Waals surface area contributed by atoms with Crippen molar-refractivity contribution in [1.82, 2.24) is 9.80 Å². The van der Waals surface area contributed by atoms with Gasteiger partial charge in [-0.1, -0.05) is 78.9 Å². The number of allylic oxidation sites excluding steroid dienone is 6. The van der Waals surface area contributed by atoms with Crippen LogP contribution in [-0.4, -0.2) is 63.5 Å². The number of amides is 2. The van der Waals surface area contributed by atoms with Crippen molar-refractivity contribution in [2.45, 2.75) is 36.6 Å². The fourth-order valence-corrected chi connectivity index (χ4v) is 4.27. The summed E-state index contributed by atoms with van der Waals surface area (Å²) >= 11 is 0. The molecule has 1 aliphatic rings. The zero-order valence-corrected chi connectivity index (χ0v) is 22.3. The molecule has 7 heteroatoms. The summed E-state index contributed by atoms with van der Waals surface area (Å²) in [5.41, 5.74) is 1.86. The Hall–Kier alpha value is -3.45. The zero-order valence-electron chi connectivity index (χ0n) is 21.4. The van der Waals surface area contributed by atoms with Crippen LogP contribution in [0.2, 0.25) is 0 Å². The molecule has 0 heterocycles. The highest BCUT2D eigenvalue weighted by molar-refractivity contribution is 7.90. The fourth-order valence-electron chi connectivity index (χ4n) is 3.64. The summed E-state index contributed by atoms with van der Waals surface area (Å²) in [5.74, 6) is -0.240. The molecule has 0 radical (unpaired) electrons. The second-order valence-electron chi connectivity index (χ2n) is 8.88. The van der Waals surface area contributed by atoms with E-state index in [0.717, 1.165) is 24.0 Å². The molecule has 2 atom stereocenters. The fraction of sp³-hybridized carbons (Fsp3) is 0.310. The molecule has 1 aliphatic carbocycles. The number of carbonyl (C=O) groups excluding carboxylic acids is 2. The first-order valence-corrected chi connectivity index (χ1v) is 13.8. The highest BCUT2D eigenvalue weighted by Crippen LogP contribution is 2.29. The molecule has 0 aromatic heterocycles. The van der Waals surface area contributed by atoms with Crippen LogP contribution in [-0.2, 0) is 19.4 Å². The Bertz CT molecular complexity index is 1160. The Morgan fingerprint density at radius 1 is 0.917 bits per heavy atom. The second kappa shape index (κ2) is 14.2. The van der Waals surface area contributed by atoms with Gasteiger partial charge in [0.2, 0.25) is 12.3 Å². The topological polar surface area (TPSA) is 74.8 Å². The zero-order chi connectivity index (χ0) is 26.6. The molecule has 0 saturated heterocycles. The lowest BCUT2D eigenvalue weighted by Crippen LogP contribution is -2.41. The minimum Gasteiger partial charge on any atom is -0.344 e. The summed E-state index contributed by atoms with van der Waals surface area (Å²) < 4.78 is 23.5. The van der Waals surface area contributed by atoms with Crippen molar-refractivity contribution in [3.63, 3.8) is 0 Å². The standard InChI is InChI=1S/C22H28N2O4S.C7H8/c1-17(24(3)16-25)15-23(2)22(26)14-21(18-8-6-5-7-9-18)19-10-12-20(13-11-19)29(4,27)28;1-2-4-6-7-5-3-1/h5-13,16-17,21H,14-15H2,1-4H3;1-6H,7H2/t17?,21-;/m0./s1. The van der Waals surface area contributed by atoms with Crippen LogP contribution in [0.5, 0.6) is 0 Å². The van der Waals surface area contributed by atoms with Crippen LogP contribution in [0.4, 0.5) is 0 Å². The van der Waals surface area contributed by atoms with Crippen LogP contribution in [0, 0.1) is 0 Å². The smallest absolute Gasteiger partial charge is 0.223 e. The Kier molecular flexibility index (Phi) is 11.3. The number of hydrogen-bond acceptors (Lipinski definition) is 4. The molecule has 0 N–H and O–H groups in total. The lowest BCUT2D eigenvalue weighted by Gasteiger charge is -2.28. The summed E-state index contributed by atoms with van der Waals surface area (Å²) in [6.07, 6.45) is 15.7. The molecule has 192 valence electrons. The Labute approximate surface area is 215 Å². The molecule has 0 spiro atoms. The van der Waals surface area contributed by atoms with E-state index in [2.05, 4.69) is 24.3 Å². The normalized spacial score (nSPS) is 14.1. The highest BCUT2D eigenvalue weighted by atomic mass is 32.2. The molecule has 3 rings (SSSR count). The highest BCUT2D eigenvalue weighted by Gasteiger charge is 2.22. The van der Waals surface area contributed by atoms with Crippen LogP contribution in [0.15, 0.2) is 95.9 Å². The molecule has 0 bridgehead atoms. The summed E-state index contributed by atoms with van der Waals surface area (Å²) in [6.45, 7) is 2.32. The van der Waals surface area contributed by atoms with Gasteiger partial charge in [-0.15, -0.1) is 0 Å². The van der Waals surface area contributed by atoms with Gasteiger partial charge in [0.15, 0.2) is 9.84 Å². The number of nitrogens with zero attached hydrogens (tertiary/aromatic N) is 2. The van der Waals surface area contributed by atoms with Gasteiger partial charge in [0.1, 0.15) is 0 Å². The van der Waals surface area contributed by atoms with Crippen LogP contribution >= 0.6 is 0 Å². The largest absolute Gasteiger partial charge is 0.344 e. The van der Waals surface area contributed by atoms with Gasteiger partial charge in [0.05, 0.1) is 4.90 Å². The van der Waals surface area contributed by atoms with E-state index in [1.165, 1.54) is 11.2 Å². The monoisotopic (exact) mass is 508 g/mol. The Morgan fingerprint density at radius 2 is 1.47 bits per heavy atom.